The monoisotopic (exact) mass is 278 g/mol. The van der Waals surface area contributed by atoms with Crippen LogP contribution in [-0.2, 0) is 4.74 Å². The van der Waals surface area contributed by atoms with Gasteiger partial charge < -0.3 is 4.74 Å². The van der Waals surface area contributed by atoms with Gasteiger partial charge in [-0.2, -0.15) is 0 Å². The van der Waals surface area contributed by atoms with Gasteiger partial charge in [-0.3, -0.25) is 0 Å². The molecule has 1 aromatic carbocycles. The summed E-state index contributed by atoms with van der Waals surface area (Å²) < 4.78 is 5.66. The van der Waals surface area contributed by atoms with E-state index < -0.39 is 0 Å². The van der Waals surface area contributed by atoms with Crippen LogP contribution in [0.25, 0.3) is 0 Å². The van der Waals surface area contributed by atoms with E-state index in [1.807, 2.05) is 19.1 Å². The second-order valence-electron chi connectivity index (χ2n) is 5.79. The molecule has 0 bridgehead atoms. The van der Waals surface area contributed by atoms with Crippen molar-refractivity contribution in [2.24, 2.45) is 11.8 Å². The Labute approximate surface area is 121 Å². The number of benzene rings is 1. The first-order valence-corrected chi connectivity index (χ1v) is 7.42. The molecule has 0 amide bonds. The maximum absolute atomic E-state index is 12.2. The highest BCUT2D eigenvalue weighted by Crippen LogP contribution is 2.31. The highest BCUT2D eigenvalue weighted by molar-refractivity contribution is 7.80. The summed E-state index contributed by atoms with van der Waals surface area (Å²) in [6, 6.07) is 5.58. The van der Waals surface area contributed by atoms with Crippen molar-refractivity contribution in [2.75, 3.05) is 0 Å². The van der Waals surface area contributed by atoms with Crippen molar-refractivity contribution < 1.29 is 9.53 Å². The van der Waals surface area contributed by atoms with Crippen LogP contribution >= 0.6 is 12.6 Å². The van der Waals surface area contributed by atoms with E-state index in [0.29, 0.717) is 11.5 Å². The molecule has 0 aromatic heterocycles. The van der Waals surface area contributed by atoms with E-state index in [2.05, 4.69) is 26.5 Å². The largest absolute Gasteiger partial charge is 0.459 e. The lowest BCUT2D eigenvalue weighted by molar-refractivity contribution is 0.00869. The van der Waals surface area contributed by atoms with Crippen LogP contribution in [0.2, 0.25) is 0 Å². The predicted molar refractivity (Wildman–Crippen MR) is 79.8 cm³/mol. The Hall–Kier alpha value is -0.960. The molecule has 1 aromatic rings. The Morgan fingerprint density at radius 3 is 2.68 bits per heavy atom. The molecule has 2 nitrogen and oxygen atoms in total. The van der Waals surface area contributed by atoms with Crippen molar-refractivity contribution in [1.29, 1.82) is 0 Å². The molecule has 1 saturated carbocycles. The molecule has 3 atom stereocenters. The van der Waals surface area contributed by atoms with Crippen molar-refractivity contribution in [1.82, 2.24) is 0 Å². The fourth-order valence-electron chi connectivity index (χ4n) is 2.65. The van der Waals surface area contributed by atoms with Crippen LogP contribution in [0, 0.1) is 18.8 Å². The Bertz CT molecular complexity index is 470. The van der Waals surface area contributed by atoms with Gasteiger partial charge >= 0.3 is 5.97 Å². The number of rotatable bonds is 2. The van der Waals surface area contributed by atoms with Crippen LogP contribution in [0.3, 0.4) is 0 Å². The second-order valence-corrected chi connectivity index (χ2v) is 6.31. The Balaban J connectivity index is 2.03. The summed E-state index contributed by atoms with van der Waals surface area (Å²) in [5.74, 6) is 1.15. The summed E-state index contributed by atoms with van der Waals surface area (Å²) in [6.07, 6.45) is 3.18. The molecule has 1 fully saturated rings. The standard InChI is InChI=1S/C16H22O2S/c1-10-4-6-13(8-12(10)3)18-16(17)15-9-14(19)7-5-11(15)2/h5,7,9-10,12-13,19H,4,6,8H2,1-3H3. The van der Waals surface area contributed by atoms with Gasteiger partial charge in [0.2, 0.25) is 0 Å². The number of hydrogen-bond acceptors (Lipinski definition) is 3. The number of thiol groups is 1. The summed E-state index contributed by atoms with van der Waals surface area (Å²) in [5.41, 5.74) is 1.58. The maximum atomic E-state index is 12.2. The first-order valence-electron chi connectivity index (χ1n) is 6.98. The van der Waals surface area contributed by atoms with Gasteiger partial charge in [-0.05, 0) is 55.7 Å². The summed E-state index contributed by atoms with van der Waals surface area (Å²) >= 11 is 4.28. The molecular weight excluding hydrogens is 256 g/mol. The van der Waals surface area contributed by atoms with Gasteiger partial charge in [-0.25, -0.2) is 4.79 Å². The molecule has 1 aliphatic rings. The SMILES string of the molecule is Cc1ccc(S)cc1C(=O)OC1CCC(C)C(C)C1. The lowest BCUT2D eigenvalue weighted by Crippen LogP contribution is -2.28. The van der Waals surface area contributed by atoms with Crippen molar-refractivity contribution in [2.45, 2.75) is 51.0 Å². The number of aryl methyl sites for hydroxylation is 1. The highest BCUT2D eigenvalue weighted by Gasteiger charge is 2.27. The van der Waals surface area contributed by atoms with Crippen LogP contribution in [0.1, 0.15) is 49.0 Å². The van der Waals surface area contributed by atoms with Crippen molar-refractivity contribution >= 4 is 18.6 Å². The van der Waals surface area contributed by atoms with Gasteiger partial charge in [-0.15, -0.1) is 12.6 Å². The number of hydrogen-bond donors (Lipinski definition) is 1. The Kier molecular flexibility index (Phi) is 4.56. The molecular formula is C16H22O2S. The number of ether oxygens (including phenoxy) is 1. The van der Waals surface area contributed by atoms with Crippen LogP contribution < -0.4 is 0 Å². The van der Waals surface area contributed by atoms with E-state index in [9.17, 15) is 4.79 Å². The summed E-state index contributed by atoms with van der Waals surface area (Å²) in [5, 5.41) is 0. The number of carbonyl (C=O) groups excluding carboxylic acids is 1. The average Bonchev–Trinajstić information content (AvgIpc) is 2.36. The number of carbonyl (C=O) groups is 1. The zero-order chi connectivity index (χ0) is 14.0. The van der Waals surface area contributed by atoms with E-state index in [4.69, 9.17) is 4.74 Å². The van der Waals surface area contributed by atoms with E-state index in [1.165, 1.54) is 0 Å². The third-order valence-electron chi connectivity index (χ3n) is 4.26. The molecule has 19 heavy (non-hydrogen) atoms. The third-order valence-corrected chi connectivity index (χ3v) is 4.54. The van der Waals surface area contributed by atoms with Gasteiger partial charge in [0.15, 0.2) is 0 Å². The van der Waals surface area contributed by atoms with Gasteiger partial charge in [-0.1, -0.05) is 19.9 Å². The Morgan fingerprint density at radius 1 is 1.26 bits per heavy atom. The summed E-state index contributed by atoms with van der Waals surface area (Å²) in [6.45, 7) is 6.44. The molecule has 3 heteroatoms. The molecule has 0 aliphatic heterocycles. The molecule has 0 saturated heterocycles. The minimum absolute atomic E-state index is 0.0710. The lowest BCUT2D eigenvalue weighted by atomic mass is 9.80. The van der Waals surface area contributed by atoms with E-state index >= 15 is 0 Å². The van der Waals surface area contributed by atoms with Gasteiger partial charge in [0.1, 0.15) is 6.10 Å². The molecule has 1 aliphatic carbocycles. The van der Waals surface area contributed by atoms with Crippen molar-refractivity contribution in [3.63, 3.8) is 0 Å². The minimum Gasteiger partial charge on any atom is -0.459 e. The highest BCUT2D eigenvalue weighted by atomic mass is 32.1. The van der Waals surface area contributed by atoms with Crippen LogP contribution in [0.5, 0.6) is 0 Å². The first-order chi connectivity index (χ1) is 8.97. The first kappa shape index (κ1) is 14.4. The van der Waals surface area contributed by atoms with Gasteiger partial charge in [0.25, 0.3) is 0 Å². The fraction of sp³-hybridized carbons (Fsp3) is 0.562. The molecule has 0 radical (unpaired) electrons. The van der Waals surface area contributed by atoms with Crippen LogP contribution in [0.15, 0.2) is 23.1 Å². The Morgan fingerprint density at radius 2 is 2.00 bits per heavy atom. The topological polar surface area (TPSA) is 26.3 Å². The predicted octanol–water partition coefficient (Wildman–Crippen LogP) is 4.27. The normalized spacial score (nSPS) is 27.1. The van der Waals surface area contributed by atoms with Crippen molar-refractivity contribution in [3.05, 3.63) is 29.3 Å². The molecule has 3 unspecified atom stereocenters. The van der Waals surface area contributed by atoms with Crippen molar-refractivity contribution in [3.8, 4) is 0 Å². The fourth-order valence-corrected chi connectivity index (χ4v) is 2.85. The van der Waals surface area contributed by atoms with E-state index in [0.717, 1.165) is 35.6 Å². The lowest BCUT2D eigenvalue weighted by Gasteiger charge is -2.31. The molecule has 0 N–H and O–H groups in total. The maximum Gasteiger partial charge on any atom is 0.338 e. The zero-order valence-electron chi connectivity index (χ0n) is 11.8. The van der Waals surface area contributed by atoms with Crippen LogP contribution in [0.4, 0.5) is 0 Å². The molecule has 104 valence electrons. The minimum atomic E-state index is -0.208. The van der Waals surface area contributed by atoms with Crippen LogP contribution in [-0.4, -0.2) is 12.1 Å². The second kappa shape index (κ2) is 6.00. The molecule has 0 spiro atoms. The molecule has 2 rings (SSSR count). The smallest absolute Gasteiger partial charge is 0.338 e. The van der Waals surface area contributed by atoms with Gasteiger partial charge in [0.05, 0.1) is 5.56 Å². The molecule has 0 heterocycles. The average molecular weight is 278 g/mol. The zero-order valence-corrected chi connectivity index (χ0v) is 12.7. The third kappa shape index (κ3) is 3.53. The summed E-state index contributed by atoms with van der Waals surface area (Å²) in [7, 11) is 0. The summed E-state index contributed by atoms with van der Waals surface area (Å²) in [4.78, 5) is 13.0. The number of esters is 1. The quantitative estimate of drug-likeness (QED) is 0.646. The van der Waals surface area contributed by atoms with Gasteiger partial charge in [0, 0.05) is 4.90 Å². The van der Waals surface area contributed by atoms with E-state index in [1.54, 1.807) is 6.07 Å². The van der Waals surface area contributed by atoms with E-state index in [-0.39, 0.29) is 12.1 Å².